The maximum atomic E-state index is 13.4. The van der Waals surface area contributed by atoms with E-state index in [0.29, 0.717) is 19.3 Å². The summed E-state index contributed by atoms with van der Waals surface area (Å²) in [6.07, 6.45) is 5.11. The van der Waals surface area contributed by atoms with Gasteiger partial charge < -0.3 is 9.84 Å². The highest BCUT2D eigenvalue weighted by Crippen LogP contribution is 2.30. The molecule has 4 heteroatoms. The number of aliphatic hydroxyl groups excluding tert-OH is 1. The molecular weight excluding hydrogens is 374 g/mol. The van der Waals surface area contributed by atoms with Crippen molar-refractivity contribution >= 4 is 11.7 Å². The van der Waals surface area contributed by atoms with E-state index in [9.17, 15) is 9.90 Å². The number of benzene rings is 2. The summed E-state index contributed by atoms with van der Waals surface area (Å²) in [5, 5.41) is 9.52. The van der Waals surface area contributed by atoms with Crippen molar-refractivity contribution in [3.63, 3.8) is 0 Å². The Hall–Kier alpha value is -2.72. The first-order valence-electron chi connectivity index (χ1n) is 10.5. The largest absolute Gasteiger partial charge is 0.458 e. The van der Waals surface area contributed by atoms with Gasteiger partial charge in [-0.05, 0) is 40.5 Å². The molecule has 2 rings (SSSR count). The number of allylic oxidation sites excluding steroid dienone is 1. The summed E-state index contributed by atoms with van der Waals surface area (Å²) in [5.41, 5.74) is 0.850. The average Bonchev–Trinajstić information content (AvgIpc) is 2.73. The minimum absolute atomic E-state index is 0.0120. The molecule has 0 aromatic heterocycles. The summed E-state index contributed by atoms with van der Waals surface area (Å²) in [7, 11) is 0. The van der Waals surface area contributed by atoms with Gasteiger partial charge in [-0.2, -0.15) is 0 Å². The molecule has 0 saturated carbocycles. The van der Waals surface area contributed by atoms with Gasteiger partial charge in [0.1, 0.15) is 5.60 Å². The van der Waals surface area contributed by atoms with E-state index >= 15 is 0 Å². The molecule has 0 amide bonds. The number of hydrogen-bond donors (Lipinski definition) is 1. The topological polar surface area (TPSA) is 58.9 Å². The number of esters is 1. The molecule has 0 aliphatic rings. The number of ether oxygens (including phenoxy) is 1. The highest BCUT2D eigenvalue weighted by Gasteiger charge is 2.41. The van der Waals surface area contributed by atoms with Gasteiger partial charge in [-0.1, -0.05) is 72.8 Å². The fraction of sp³-hybridized carbons (Fsp3) is 0.385. The molecule has 1 unspecified atom stereocenters. The van der Waals surface area contributed by atoms with Gasteiger partial charge in [-0.3, -0.25) is 4.99 Å². The predicted molar refractivity (Wildman–Crippen MR) is 123 cm³/mol. The van der Waals surface area contributed by atoms with Crippen molar-refractivity contribution in [1.29, 1.82) is 0 Å². The Morgan fingerprint density at radius 3 is 1.97 bits per heavy atom. The second-order valence-corrected chi connectivity index (χ2v) is 8.33. The molecule has 2 aromatic carbocycles. The van der Waals surface area contributed by atoms with Gasteiger partial charge in [0.15, 0.2) is 5.54 Å². The number of aliphatic hydroxyl groups is 1. The standard InChI is InChI=1S/C26H33NO3/c1-5-6-18-26(19-13-20-28,24(29)30-25(2,3)4)27-23(21-14-9-7-10-15-21)22-16-11-8-12-17-22/h5-12,14-17,28H,13,18-20H2,1-4H3/b6-5+. The van der Waals surface area contributed by atoms with Crippen LogP contribution in [0.15, 0.2) is 77.8 Å². The lowest BCUT2D eigenvalue weighted by Crippen LogP contribution is -2.43. The highest BCUT2D eigenvalue weighted by atomic mass is 16.6. The molecule has 0 aliphatic heterocycles. The molecule has 0 spiro atoms. The Balaban J connectivity index is 2.70. The molecule has 0 bridgehead atoms. The number of hydrogen-bond acceptors (Lipinski definition) is 4. The minimum Gasteiger partial charge on any atom is -0.458 e. The molecule has 0 saturated heterocycles. The number of aliphatic imine (C=N–C) groups is 1. The van der Waals surface area contributed by atoms with Crippen LogP contribution in [0.4, 0.5) is 0 Å². The summed E-state index contributed by atoms with van der Waals surface area (Å²) in [6, 6.07) is 19.7. The molecule has 160 valence electrons. The lowest BCUT2D eigenvalue weighted by atomic mass is 9.88. The molecule has 4 nitrogen and oxygen atoms in total. The zero-order chi connectivity index (χ0) is 22.0. The summed E-state index contributed by atoms with van der Waals surface area (Å²) < 4.78 is 5.81. The second kappa shape index (κ2) is 10.9. The number of carbonyl (C=O) groups is 1. The first kappa shape index (κ1) is 23.6. The third-order valence-corrected chi connectivity index (χ3v) is 4.64. The summed E-state index contributed by atoms with van der Waals surface area (Å²) in [4.78, 5) is 18.5. The number of carbonyl (C=O) groups excluding carboxylic acids is 1. The van der Waals surface area contributed by atoms with Crippen LogP contribution < -0.4 is 0 Å². The molecule has 0 heterocycles. The molecule has 1 N–H and O–H groups in total. The van der Waals surface area contributed by atoms with E-state index in [0.717, 1.165) is 16.8 Å². The quantitative estimate of drug-likeness (QED) is 0.347. The Labute approximate surface area is 180 Å². The van der Waals surface area contributed by atoms with Crippen LogP contribution in [0.5, 0.6) is 0 Å². The van der Waals surface area contributed by atoms with Crippen molar-refractivity contribution in [3.05, 3.63) is 83.9 Å². The Kier molecular flexibility index (Phi) is 8.55. The normalized spacial score (nSPS) is 13.6. The molecule has 2 aromatic rings. The van der Waals surface area contributed by atoms with Crippen molar-refractivity contribution in [1.82, 2.24) is 0 Å². The third-order valence-electron chi connectivity index (χ3n) is 4.64. The fourth-order valence-electron chi connectivity index (χ4n) is 3.19. The van der Waals surface area contributed by atoms with Crippen LogP contribution >= 0.6 is 0 Å². The first-order chi connectivity index (χ1) is 14.3. The van der Waals surface area contributed by atoms with Gasteiger partial charge in [0.25, 0.3) is 0 Å². The second-order valence-electron chi connectivity index (χ2n) is 8.33. The number of nitrogens with zero attached hydrogens (tertiary/aromatic N) is 1. The zero-order valence-electron chi connectivity index (χ0n) is 18.5. The van der Waals surface area contributed by atoms with Crippen LogP contribution in [-0.4, -0.2) is 34.5 Å². The predicted octanol–water partition coefficient (Wildman–Crippen LogP) is 5.34. The minimum atomic E-state index is -1.12. The van der Waals surface area contributed by atoms with Crippen LogP contribution in [0.25, 0.3) is 0 Å². The zero-order valence-corrected chi connectivity index (χ0v) is 18.5. The Morgan fingerprint density at radius 2 is 1.53 bits per heavy atom. The smallest absolute Gasteiger partial charge is 0.334 e. The van der Waals surface area contributed by atoms with Crippen LogP contribution in [0.1, 0.15) is 58.1 Å². The molecule has 0 radical (unpaired) electrons. The molecular formula is C26H33NO3. The van der Waals surface area contributed by atoms with Gasteiger partial charge in [0, 0.05) is 24.2 Å². The van der Waals surface area contributed by atoms with Gasteiger partial charge in [0.05, 0.1) is 5.71 Å². The van der Waals surface area contributed by atoms with Crippen molar-refractivity contribution < 1.29 is 14.6 Å². The van der Waals surface area contributed by atoms with E-state index in [4.69, 9.17) is 9.73 Å². The van der Waals surface area contributed by atoms with E-state index in [2.05, 4.69) is 0 Å². The monoisotopic (exact) mass is 407 g/mol. The average molecular weight is 408 g/mol. The lowest BCUT2D eigenvalue weighted by molar-refractivity contribution is -0.161. The maximum absolute atomic E-state index is 13.4. The van der Waals surface area contributed by atoms with E-state index in [1.54, 1.807) is 0 Å². The molecule has 0 aliphatic carbocycles. The van der Waals surface area contributed by atoms with Crippen molar-refractivity contribution in [2.75, 3.05) is 6.61 Å². The van der Waals surface area contributed by atoms with Crippen molar-refractivity contribution in [2.24, 2.45) is 4.99 Å². The fourth-order valence-corrected chi connectivity index (χ4v) is 3.19. The SMILES string of the molecule is C/C=C/CC(CCCO)(N=C(c1ccccc1)c1ccccc1)C(=O)OC(C)(C)C. The first-order valence-corrected chi connectivity index (χ1v) is 10.5. The van der Waals surface area contributed by atoms with E-state index in [1.807, 2.05) is 101 Å². The summed E-state index contributed by atoms with van der Waals surface area (Å²) in [6.45, 7) is 7.48. The lowest BCUT2D eigenvalue weighted by Gasteiger charge is -2.32. The van der Waals surface area contributed by atoms with Gasteiger partial charge in [-0.25, -0.2) is 4.79 Å². The maximum Gasteiger partial charge on any atom is 0.334 e. The van der Waals surface area contributed by atoms with Gasteiger partial charge in [0.2, 0.25) is 0 Å². The van der Waals surface area contributed by atoms with Crippen molar-refractivity contribution in [2.45, 2.75) is 58.1 Å². The highest BCUT2D eigenvalue weighted by molar-refractivity contribution is 6.13. The Morgan fingerprint density at radius 1 is 1.00 bits per heavy atom. The molecule has 30 heavy (non-hydrogen) atoms. The van der Waals surface area contributed by atoms with Gasteiger partial charge in [-0.15, -0.1) is 0 Å². The van der Waals surface area contributed by atoms with Crippen molar-refractivity contribution in [3.8, 4) is 0 Å². The van der Waals surface area contributed by atoms with E-state index < -0.39 is 11.1 Å². The van der Waals surface area contributed by atoms with Crippen LogP contribution in [0, 0.1) is 0 Å². The van der Waals surface area contributed by atoms with Crippen LogP contribution in [0.2, 0.25) is 0 Å². The third kappa shape index (κ3) is 6.67. The summed E-state index contributed by atoms with van der Waals surface area (Å²) >= 11 is 0. The Bertz CT molecular complexity index is 809. The van der Waals surface area contributed by atoms with Crippen LogP contribution in [-0.2, 0) is 9.53 Å². The van der Waals surface area contributed by atoms with E-state index in [1.165, 1.54) is 0 Å². The molecule has 1 atom stereocenters. The number of rotatable bonds is 9. The molecule has 0 fully saturated rings. The summed E-state index contributed by atoms with van der Waals surface area (Å²) in [5.74, 6) is -0.370. The van der Waals surface area contributed by atoms with E-state index in [-0.39, 0.29) is 12.6 Å². The van der Waals surface area contributed by atoms with Crippen LogP contribution in [0.3, 0.4) is 0 Å². The van der Waals surface area contributed by atoms with Gasteiger partial charge >= 0.3 is 5.97 Å².